The van der Waals surface area contributed by atoms with Crippen LogP contribution in [0.1, 0.15) is 208 Å². The van der Waals surface area contributed by atoms with E-state index in [0.717, 1.165) is 125 Å². The first-order valence-corrected chi connectivity index (χ1v) is 44.0. The molecule has 20 rings (SSSR count). The number of aliphatic hydroxyl groups excluding tert-OH is 3. The largest absolute Gasteiger partial charge is 0.394 e. The summed E-state index contributed by atoms with van der Waals surface area (Å²) in [5, 5.41) is 30.6. The van der Waals surface area contributed by atoms with Gasteiger partial charge in [0, 0.05) is 81.3 Å². The van der Waals surface area contributed by atoms with Gasteiger partial charge in [-0.25, -0.2) is 8.42 Å². The van der Waals surface area contributed by atoms with Crippen LogP contribution in [0.25, 0.3) is 0 Å². The smallest absolute Gasteiger partial charge is 0.229 e. The predicted octanol–water partition coefficient (Wildman–Crippen LogP) is 9.79. The van der Waals surface area contributed by atoms with E-state index in [1.165, 1.54) is 0 Å². The number of ether oxygens (including phenoxy) is 16. The molecule has 0 saturated carbocycles. The second-order valence-corrected chi connectivity index (χ2v) is 39.0. The van der Waals surface area contributed by atoms with E-state index in [4.69, 9.17) is 75.8 Å². The maximum Gasteiger partial charge on any atom is 0.229 e. The van der Waals surface area contributed by atoms with Gasteiger partial charge >= 0.3 is 0 Å². The Balaban J connectivity index is 0.000000154. The van der Waals surface area contributed by atoms with Crippen LogP contribution in [-0.2, 0) is 94.4 Å². The van der Waals surface area contributed by atoms with Crippen molar-refractivity contribution in [2.45, 2.75) is 403 Å². The highest BCUT2D eigenvalue weighted by atomic mass is 35.7. The lowest BCUT2D eigenvalue weighted by Gasteiger charge is -2.47. The van der Waals surface area contributed by atoms with Crippen molar-refractivity contribution in [1.82, 2.24) is 0 Å². The molecule has 0 aromatic rings. The molecule has 3 N–H and O–H groups in total. The number of carbonyl (C=O) groups is 2. The minimum Gasteiger partial charge on any atom is -0.394 e. The highest BCUT2D eigenvalue weighted by Crippen LogP contribution is 2.58. The standard InChI is InChI=1S/C41H60O10.C40H58O11.CH3ClO2S/c1-6-24(42)17-32-23(5)29-16-25(43)15-27-8-10-31-36(46-27)40-39-38(48-31)37-35(49-39)19-41(50-37,51-40)12-11-28-14-21(3)30(44-28)9-7-26-13-20(2)22(4)33(45-26)18-34(29)47-32;1-19-11-25-5-7-29-20(2)12-27(44-29)9-10-40-17-34-36(50-40)37-38(49-34)39(51-40)35-30(48-37)8-6-26(46-35)13-23(42)14-28-22(4)31(15-24(43)18-41)47-33(28)16-32(45-25)21(19)3;1-5(2,3)4/h20,23-24,26-40,42H,3-4,6-19H2,1-2,5H3;19,22,24-39,41,43H,2-3,5-18H2,1,4H3;1H3/t20-,23-,24-,26+,27?,28+,29-,30?,31+,32-,33?,34+,35-,36+,37?,38+,39-,40+,41?;19-,22-,24+,25+,26?,27+,28-,29?,30+,31-,32?,33+,34-,35+,36?,37+,38-,39+,40?;/m11./s1. The summed E-state index contributed by atoms with van der Waals surface area (Å²) in [7, 11) is 1.31. The van der Waals surface area contributed by atoms with E-state index < -0.39 is 32.8 Å². The normalized spacial score (nSPS) is 51.2. The second kappa shape index (κ2) is 31.8. The first-order chi connectivity index (χ1) is 51.1. The Morgan fingerprint density at radius 1 is 0.430 bits per heavy atom. The number of rotatable bonds is 6. The number of aliphatic hydroxyl groups is 3. The van der Waals surface area contributed by atoms with Crippen LogP contribution < -0.4 is 0 Å². The molecule has 23 nitrogen and oxygen atoms in total. The molecule has 24 bridgehead atoms. The van der Waals surface area contributed by atoms with Crippen molar-refractivity contribution in [3.63, 3.8) is 0 Å². The molecule has 38 atom stereocenters. The summed E-state index contributed by atoms with van der Waals surface area (Å²) >= 11 is 0. The summed E-state index contributed by atoms with van der Waals surface area (Å²) in [4.78, 5) is 28.0. The van der Waals surface area contributed by atoms with Crippen LogP contribution in [0.4, 0.5) is 0 Å². The number of hydrogen-bond acceptors (Lipinski definition) is 23. The molecule has 25 heteroatoms. The summed E-state index contributed by atoms with van der Waals surface area (Å²) in [5.74, 6) is -0.444. The Kier molecular flexibility index (Phi) is 23.3. The maximum absolute atomic E-state index is 14.0. The zero-order chi connectivity index (χ0) is 74.9. The molecule has 20 fully saturated rings. The van der Waals surface area contributed by atoms with Gasteiger partial charge in [-0.1, -0.05) is 60.9 Å². The van der Waals surface area contributed by atoms with Crippen LogP contribution in [0.5, 0.6) is 0 Å². The SMILES string of the molecule is C=C1C[C@@H]2CCC34C[C@H]5O[C@H]6[C@@H](O3)[C@H]3OC(CC[C@@H]3O[C@H]6C5O4)CC(=O)C[C@@H]3[C@@H](C)[C@@H](C[C@H](O)CC)O[C@H]3CC3O[C@@H](CCC1O2)C[C@@H](C)C3=C.C=C1C[C@@H]2CCC34C[C@H]5O[C@H]6[C@@H](O3)[C@H]3OC(CC[C@@H]3O[C@H]6C5O4)CC(=O)C[C@@H]3[C@@H](C)[C@@H](C[C@H](O)CO)O[C@H]3CC3O[C@@H](CCC1O2)C[C@@H](C)C3=C.CS(=O)(=O)Cl. The summed E-state index contributed by atoms with van der Waals surface area (Å²) in [6, 6.07) is 0. The average Bonchev–Trinajstić information content (AvgIpc) is 1.55. The summed E-state index contributed by atoms with van der Waals surface area (Å²) in [6.45, 7) is 28.3. The topological polar surface area (TPSA) is 277 Å². The molecule has 2 spiro atoms. The van der Waals surface area contributed by atoms with E-state index in [-0.39, 0.29) is 213 Å². The van der Waals surface area contributed by atoms with Crippen LogP contribution >= 0.6 is 10.7 Å². The minimum absolute atomic E-state index is 0.00894. The van der Waals surface area contributed by atoms with Crippen LogP contribution in [-0.4, -0.2) is 243 Å². The van der Waals surface area contributed by atoms with Gasteiger partial charge in [-0.05, 0) is 161 Å². The minimum atomic E-state index is -3.19. The first kappa shape index (κ1) is 78.7. The Bertz CT molecular complexity index is 3170. The molecule has 0 aliphatic carbocycles. The fraction of sp³-hybridized carbons (Fsp3) is 0.878. The molecule has 20 saturated heterocycles. The Labute approximate surface area is 636 Å². The number of fused-ring (bicyclic) bond motifs is 12. The van der Waals surface area contributed by atoms with E-state index in [9.17, 15) is 33.3 Å². The molecule has 0 amide bonds. The highest BCUT2D eigenvalue weighted by molar-refractivity contribution is 8.13. The molecular weight excluding hydrogens is 1420 g/mol. The molecule has 10 unspecified atom stereocenters. The van der Waals surface area contributed by atoms with Crippen molar-refractivity contribution >= 4 is 31.3 Å². The van der Waals surface area contributed by atoms with Crippen LogP contribution in [0.2, 0.25) is 0 Å². The van der Waals surface area contributed by atoms with E-state index in [1.807, 2.05) is 6.92 Å². The van der Waals surface area contributed by atoms with Crippen molar-refractivity contribution in [3.05, 3.63) is 48.6 Å². The second-order valence-electron chi connectivity index (χ2n) is 36.0. The van der Waals surface area contributed by atoms with Crippen molar-refractivity contribution in [2.75, 3.05) is 12.9 Å². The number of ketones is 2. The summed E-state index contributed by atoms with van der Waals surface area (Å²) in [5.41, 5.74) is 4.49. The van der Waals surface area contributed by atoms with Crippen LogP contribution in [0.3, 0.4) is 0 Å². The Morgan fingerprint density at radius 3 is 1.22 bits per heavy atom. The number of Topliss-reactive ketones (excluding diaryl/α,β-unsaturated/α-hetero) is 2. The summed E-state index contributed by atoms with van der Waals surface area (Å²) < 4.78 is 127. The zero-order valence-electron chi connectivity index (χ0n) is 63.7. The van der Waals surface area contributed by atoms with Gasteiger partial charge in [0.2, 0.25) is 9.05 Å². The fourth-order valence-electron chi connectivity index (χ4n) is 22.6. The Morgan fingerprint density at radius 2 is 0.804 bits per heavy atom. The van der Waals surface area contributed by atoms with Crippen molar-refractivity contribution in [2.24, 2.45) is 35.5 Å². The number of carbonyl (C=O) groups excluding carboxylic acids is 2. The average molecular weight is 1540 g/mol. The lowest BCUT2D eigenvalue weighted by atomic mass is 9.78. The fourth-order valence-corrected chi connectivity index (χ4v) is 22.6. The molecule has 20 heterocycles. The lowest BCUT2D eigenvalue weighted by molar-refractivity contribution is -0.292. The molecule has 107 heavy (non-hydrogen) atoms. The lowest BCUT2D eigenvalue weighted by Crippen LogP contribution is -2.61. The molecule has 20 aliphatic heterocycles. The molecule has 20 aliphatic rings. The van der Waals surface area contributed by atoms with Gasteiger partial charge in [0.05, 0.1) is 135 Å². The van der Waals surface area contributed by atoms with E-state index >= 15 is 0 Å². The third-order valence-corrected chi connectivity index (χ3v) is 28.5. The van der Waals surface area contributed by atoms with Crippen LogP contribution in [0, 0.1) is 35.5 Å². The van der Waals surface area contributed by atoms with Gasteiger partial charge in [0.1, 0.15) is 72.6 Å². The van der Waals surface area contributed by atoms with E-state index in [2.05, 4.69) is 64.7 Å². The van der Waals surface area contributed by atoms with Crippen molar-refractivity contribution in [1.29, 1.82) is 0 Å². The van der Waals surface area contributed by atoms with Gasteiger partial charge in [-0.15, -0.1) is 0 Å². The molecule has 0 radical (unpaired) electrons. The molecular formula is C82H121ClO23S. The quantitative estimate of drug-likeness (QED) is 0.165. The van der Waals surface area contributed by atoms with Gasteiger partial charge in [-0.3, -0.25) is 9.59 Å². The first-order valence-electron chi connectivity index (χ1n) is 41.3. The summed E-state index contributed by atoms with van der Waals surface area (Å²) in [6.07, 6.45) is 14.5. The molecule has 0 aromatic carbocycles. The van der Waals surface area contributed by atoms with Crippen LogP contribution in [0.15, 0.2) is 48.6 Å². The number of halogens is 1. The Hall–Kier alpha value is -2.22. The van der Waals surface area contributed by atoms with Gasteiger partial charge in [-0.2, -0.15) is 0 Å². The maximum atomic E-state index is 14.0. The van der Waals surface area contributed by atoms with Gasteiger partial charge < -0.3 is 91.1 Å². The van der Waals surface area contributed by atoms with E-state index in [1.54, 1.807) is 0 Å². The molecule has 600 valence electrons. The van der Waals surface area contributed by atoms with Gasteiger partial charge in [0.15, 0.2) is 11.6 Å². The molecule has 0 aromatic heterocycles. The van der Waals surface area contributed by atoms with Gasteiger partial charge in [0.25, 0.3) is 0 Å². The van der Waals surface area contributed by atoms with Crippen molar-refractivity contribution in [3.8, 4) is 0 Å². The third kappa shape index (κ3) is 16.4. The monoisotopic (exact) mass is 1540 g/mol. The third-order valence-electron chi connectivity index (χ3n) is 28.5. The van der Waals surface area contributed by atoms with Crippen molar-refractivity contribution < 1.29 is 109 Å². The predicted molar refractivity (Wildman–Crippen MR) is 389 cm³/mol. The highest BCUT2D eigenvalue weighted by Gasteiger charge is 2.71. The van der Waals surface area contributed by atoms with E-state index in [0.29, 0.717) is 88.9 Å². The zero-order valence-corrected chi connectivity index (χ0v) is 65.3. The number of hydrogen-bond donors (Lipinski definition) is 3.